The van der Waals surface area contributed by atoms with Gasteiger partial charge in [-0.25, -0.2) is 0 Å². The summed E-state index contributed by atoms with van der Waals surface area (Å²) < 4.78 is 5.08. The maximum atomic E-state index is 12.1. The summed E-state index contributed by atoms with van der Waals surface area (Å²) in [5.74, 6) is -3.98. The zero-order valence-electron chi connectivity index (χ0n) is 16.8. The zero-order chi connectivity index (χ0) is 23.4. The summed E-state index contributed by atoms with van der Waals surface area (Å²) in [6, 6.07) is 4.50. The van der Waals surface area contributed by atoms with Crippen LogP contribution in [0.1, 0.15) is 25.3 Å². The van der Waals surface area contributed by atoms with Gasteiger partial charge in [0, 0.05) is 31.2 Å². The highest BCUT2D eigenvalue weighted by molar-refractivity contribution is 7.80. The Morgan fingerprint density at radius 2 is 1.77 bits per heavy atom. The van der Waals surface area contributed by atoms with Gasteiger partial charge in [0.15, 0.2) is 0 Å². The van der Waals surface area contributed by atoms with E-state index in [0.29, 0.717) is 11.3 Å². The van der Waals surface area contributed by atoms with Crippen molar-refractivity contribution in [3.63, 3.8) is 0 Å². The van der Waals surface area contributed by atoms with E-state index in [9.17, 15) is 29.1 Å². The third-order valence-corrected chi connectivity index (χ3v) is 4.34. The van der Waals surface area contributed by atoms with Crippen LogP contribution in [-0.2, 0) is 30.5 Å². The average Bonchev–Trinajstić information content (AvgIpc) is 2.70. The number of rotatable bonds is 13. The highest BCUT2D eigenvalue weighted by atomic mass is 32.1. The Morgan fingerprint density at radius 1 is 1.10 bits per heavy atom. The zero-order valence-corrected chi connectivity index (χ0v) is 17.7. The van der Waals surface area contributed by atoms with E-state index in [-0.39, 0.29) is 25.1 Å². The number of thiol groups is 1. The highest BCUT2D eigenvalue weighted by Crippen LogP contribution is 2.18. The van der Waals surface area contributed by atoms with Crippen molar-refractivity contribution in [1.29, 1.82) is 0 Å². The molecule has 0 aromatic heterocycles. The molecule has 11 nitrogen and oxygen atoms in total. The fourth-order valence-electron chi connectivity index (χ4n) is 2.47. The molecule has 1 rings (SSSR count). The normalized spacial score (nSPS) is 12.3. The van der Waals surface area contributed by atoms with E-state index in [4.69, 9.17) is 9.84 Å². The largest absolute Gasteiger partial charge is 0.480 e. The minimum Gasteiger partial charge on any atom is -0.480 e. The van der Waals surface area contributed by atoms with Gasteiger partial charge < -0.3 is 30.9 Å². The van der Waals surface area contributed by atoms with Gasteiger partial charge in [-0.05, 0) is 12.5 Å². The van der Waals surface area contributed by atoms with Gasteiger partial charge in [0.25, 0.3) is 0 Å². The van der Waals surface area contributed by atoms with E-state index in [1.54, 1.807) is 24.3 Å². The fourth-order valence-corrected chi connectivity index (χ4v) is 2.73. The molecule has 0 fully saturated rings. The molecule has 0 heterocycles. The number of benzene rings is 1. The van der Waals surface area contributed by atoms with E-state index >= 15 is 0 Å². The summed E-state index contributed by atoms with van der Waals surface area (Å²) in [6.07, 6.45) is -0.279. The second-order valence-corrected chi connectivity index (χ2v) is 6.79. The van der Waals surface area contributed by atoms with Crippen LogP contribution in [0.4, 0.5) is 0 Å². The SMILES string of the molecule is CC(=O)Oc1ccccc1CN[C@@H](CCC(=O)N[C@@H](CS)C(=O)NCC(=O)O)C(=O)O. The third-order valence-electron chi connectivity index (χ3n) is 3.97. The van der Waals surface area contributed by atoms with Crippen molar-refractivity contribution in [3.8, 4) is 5.75 Å². The number of carbonyl (C=O) groups excluding carboxylic acids is 3. The Hall–Kier alpha value is -3.12. The lowest BCUT2D eigenvalue weighted by atomic mass is 10.1. The molecule has 12 heteroatoms. The molecular weight excluding hydrogens is 430 g/mol. The number of carboxylic acids is 2. The number of aliphatic carboxylic acids is 2. The Bertz CT molecular complexity index is 817. The number of amides is 2. The van der Waals surface area contributed by atoms with Crippen molar-refractivity contribution in [2.45, 2.75) is 38.4 Å². The Kier molecular flexibility index (Phi) is 11.1. The number of para-hydroxylation sites is 1. The molecule has 2 amide bonds. The van der Waals surface area contributed by atoms with E-state index in [0.717, 1.165) is 0 Å². The fraction of sp³-hybridized carbons (Fsp3) is 0.421. The van der Waals surface area contributed by atoms with Crippen LogP contribution in [-0.4, -0.2) is 64.3 Å². The van der Waals surface area contributed by atoms with Crippen molar-refractivity contribution in [2.75, 3.05) is 12.3 Å². The lowest BCUT2D eigenvalue weighted by molar-refractivity contribution is -0.140. The molecule has 0 saturated carbocycles. The summed E-state index contributed by atoms with van der Waals surface area (Å²) in [6.45, 7) is 0.737. The second kappa shape index (κ2) is 13.2. The Morgan fingerprint density at radius 3 is 2.35 bits per heavy atom. The number of hydrogen-bond acceptors (Lipinski definition) is 8. The molecule has 0 bridgehead atoms. The lowest BCUT2D eigenvalue weighted by Gasteiger charge is -2.18. The lowest BCUT2D eigenvalue weighted by Crippen LogP contribution is -2.49. The quantitative estimate of drug-likeness (QED) is 0.131. The van der Waals surface area contributed by atoms with Gasteiger partial charge in [0.1, 0.15) is 24.4 Å². The van der Waals surface area contributed by atoms with Gasteiger partial charge in [-0.3, -0.25) is 24.0 Å². The molecule has 0 aliphatic rings. The maximum absolute atomic E-state index is 12.1. The smallest absolute Gasteiger partial charge is 0.322 e. The predicted molar refractivity (Wildman–Crippen MR) is 112 cm³/mol. The van der Waals surface area contributed by atoms with E-state index in [1.165, 1.54) is 6.92 Å². The maximum Gasteiger partial charge on any atom is 0.322 e. The molecule has 0 spiro atoms. The number of hydrogen-bond donors (Lipinski definition) is 6. The van der Waals surface area contributed by atoms with Crippen molar-refractivity contribution in [3.05, 3.63) is 29.8 Å². The van der Waals surface area contributed by atoms with Crippen LogP contribution in [0, 0.1) is 0 Å². The molecule has 0 radical (unpaired) electrons. The number of esters is 1. The van der Waals surface area contributed by atoms with E-state index in [2.05, 4.69) is 28.6 Å². The first-order chi connectivity index (χ1) is 14.6. The molecule has 0 aliphatic heterocycles. The van der Waals surface area contributed by atoms with Crippen LogP contribution in [0.5, 0.6) is 5.75 Å². The topological polar surface area (TPSA) is 171 Å². The number of nitrogens with one attached hydrogen (secondary N) is 3. The molecular formula is C19H25N3O8S. The summed E-state index contributed by atoms with van der Waals surface area (Å²) in [4.78, 5) is 57.2. The summed E-state index contributed by atoms with van der Waals surface area (Å²) in [5.41, 5.74) is 0.568. The first-order valence-corrected chi connectivity index (χ1v) is 9.89. The molecule has 2 atom stereocenters. The average molecular weight is 455 g/mol. The van der Waals surface area contributed by atoms with Crippen LogP contribution in [0.25, 0.3) is 0 Å². The van der Waals surface area contributed by atoms with Crippen molar-refractivity contribution in [2.24, 2.45) is 0 Å². The van der Waals surface area contributed by atoms with Gasteiger partial charge in [0.05, 0.1) is 0 Å². The molecule has 1 aromatic rings. The van der Waals surface area contributed by atoms with Crippen molar-refractivity contribution in [1.82, 2.24) is 16.0 Å². The van der Waals surface area contributed by atoms with Crippen LogP contribution in [0.2, 0.25) is 0 Å². The predicted octanol–water partition coefficient (Wildman–Crippen LogP) is -0.450. The number of carboxylic acid groups (broad SMARTS) is 2. The minimum atomic E-state index is -1.23. The van der Waals surface area contributed by atoms with Crippen LogP contribution in [0.3, 0.4) is 0 Å². The Balaban J connectivity index is 2.61. The molecule has 170 valence electrons. The standard InChI is InChI=1S/C19H25N3O8S/c1-11(23)30-15-5-3-2-4-12(15)8-20-13(19(28)29)6-7-16(24)22-14(10-31)18(27)21-9-17(25)26/h2-5,13-14,20,31H,6-10H2,1H3,(H,21,27)(H,22,24)(H,25,26)(H,28,29)/t13-,14-/m0/s1. The van der Waals surface area contributed by atoms with Crippen LogP contribution in [0.15, 0.2) is 24.3 Å². The van der Waals surface area contributed by atoms with Crippen LogP contribution < -0.4 is 20.7 Å². The molecule has 0 unspecified atom stereocenters. The molecule has 1 aromatic carbocycles. The van der Waals surface area contributed by atoms with Crippen LogP contribution >= 0.6 is 12.6 Å². The Labute approximate surface area is 183 Å². The number of carbonyl (C=O) groups is 5. The van der Waals surface area contributed by atoms with Gasteiger partial charge in [-0.1, -0.05) is 18.2 Å². The van der Waals surface area contributed by atoms with E-state index in [1.807, 2.05) is 0 Å². The number of ether oxygens (including phenoxy) is 1. The molecule has 0 aliphatic carbocycles. The minimum absolute atomic E-state index is 0.0647. The second-order valence-electron chi connectivity index (χ2n) is 6.43. The summed E-state index contributed by atoms with van der Waals surface area (Å²) in [7, 11) is 0. The summed E-state index contributed by atoms with van der Waals surface area (Å²) >= 11 is 3.96. The van der Waals surface area contributed by atoms with Crippen molar-refractivity contribution >= 4 is 42.4 Å². The third kappa shape index (κ3) is 9.96. The van der Waals surface area contributed by atoms with Gasteiger partial charge in [0.2, 0.25) is 11.8 Å². The van der Waals surface area contributed by atoms with E-state index < -0.39 is 48.4 Å². The molecule has 0 saturated heterocycles. The highest BCUT2D eigenvalue weighted by Gasteiger charge is 2.22. The summed E-state index contributed by atoms with van der Waals surface area (Å²) in [5, 5.41) is 25.3. The van der Waals surface area contributed by atoms with Gasteiger partial charge in [-0.15, -0.1) is 0 Å². The first kappa shape index (κ1) is 25.9. The molecule has 5 N–H and O–H groups in total. The van der Waals surface area contributed by atoms with Crippen molar-refractivity contribution < 1.29 is 38.9 Å². The molecule has 31 heavy (non-hydrogen) atoms. The monoisotopic (exact) mass is 455 g/mol. The first-order valence-electron chi connectivity index (χ1n) is 9.26. The van der Waals surface area contributed by atoms with Gasteiger partial charge in [-0.2, -0.15) is 12.6 Å². The van der Waals surface area contributed by atoms with Gasteiger partial charge >= 0.3 is 17.9 Å².